The third kappa shape index (κ3) is 1.98. The van der Waals surface area contributed by atoms with E-state index in [0.29, 0.717) is 5.69 Å². The summed E-state index contributed by atoms with van der Waals surface area (Å²) in [6.07, 6.45) is 0.163. The molecule has 0 spiro atoms. The van der Waals surface area contributed by atoms with Gasteiger partial charge in [-0.1, -0.05) is 0 Å². The van der Waals surface area contributed by atoms with E-state index in [4.69, 9.17) is 14.6 Å². The van der Waals surface area contributed by atoms with Gasteiger partial charge >= 0.3 is 11.9 Å². The van der Waals surface area contributed by atoms with E-state index in [1.165, 1.54) is 0 Å². The van der Waals surface area contributed by atoms with E-state index in [1.807, 2.05) is 0 Å². The summed E-state index contributed by atoms with van der Waals surface area (Å²) < 4.78 is 4.75. The number of carboxylic acid groups (broad SMARTS) is 1. The van der Waals surface area contributed by atoms with Crippen LogP contribution in [0.2, 0.25) is 0 Å². The molecule has 1 heterocycles. The summed E-state index contributed by atoms with van der Waals surface area (Å²) in [6, 6.07) is 0. The number of oxazole rings is 1. The second-order valence-corrected chi connectivity index (χ2v) is 2.39. The zero-order chi connectivity index (χ0) is 9.14. The summed E-state index contributed by atoms with van der Waals surface area (Å²) in [5, 5.41) is 17.2. The zero-order valence-corrected chi connectivity index (χ0v) is 6.57. The Hall–Kier alpha value is -1.52. The summed E-state index contributed by atoms with van der Waals surface area (Å²) in [5.41, 5.74) is 0.385. The van der Waals surface area contributed by atoms with E-state index in [0.717, 1.165) is 0 Å². The van der Waals surface area contributed by atoms with Gasteiger partial charge in [-0.05, 0) is 6.92 Å². The Morgan fingerprint density at radius 1 is 1.67 bits per heavy atom. The van der Waals surface area contributed by atoms with Gasteiger partial charge in [0.2, 0.25) is 0 Å². The molecule has 0 atom stereocenters. The normalized spacial score (nSPS) is 10.1. The van der Waals surface area contributed by atoms with E-state index in [2.05, 4.69) is 4.98 Å². The first-order valence-corrected chi connectivity index (χ1v) is 3.46. The van der Waals surface area contributed by atoms with Gasteiger partial charge in [0.05, 0.1) is 6.42 Å². The molecule has 1 aromatic rings. The first-order chi connectivity index (χ1) is 5.59. The first-order valence-electron chi connectivity index (χ1n) is 3.46. The fraction of sp³-hybridized carbons (Fsp3) is 0.429. The summed E-state index contributed by atoms with van der Waals surface area (Å²) in [5.74, 6) is -0.895. The molecule has 0 saturated heterocycles. The molecule has 12 heavy (non-hydrogen) atoms. The molecule has 0 aromatic carbocycles. The maximum Gasteiger partial charge on any atom is 0.305 e. The van der Waals surface area contributed by atoms with E-state index >= 15 is 0 Å². The fourth-order valence-corrected chi connectivity index (χ4v) is 0.764. The molecule has 0 aliphatic carbocycles. The van der Waals surface area contributed by atoms with Crippen LogP contribution >= 0.6 is 0 Å². The van der Waals surface area contributed by atoms with Crippen molar-refractivity contribution >= 4 is 5.97 Å². The molecule has 1 aromatic heterocycles. The number of aromatic nitrogens is 1. The molecule has 0 bridgehead atoms. The number of carboxylic acids is 1. The van der Waals surface area contributed by atoms with Crippen LogP contribution in [0, 0.1) is 6.92 Å². The van der Waals surface area contributed by atoms with Crippen molar-refractivity contribution in [2.24, 2.45) is 0 Å². The van der Waals surface area contributed by atoms with Crippen LogP contribution in [0.3, 0.4) is 0 Å². The number of nitrogens with zero attached hydrogens (tertiary/aromatic N) is 1. The Labute approximate surface area is 68.7 Å². The molecule has 0 unspecified atom stereocenters. The Bertz CT molecular complexity index is 272. The number of hydrogen-bond acceptors (Lipinski definition) is 4. The first kappa shape index (κ1) is 8.58. The van der Waals surface area contributed by atoms with Crippen molar-refractivity contribution < 1.29 is 19.4 Å². The van der Waals surface area contributed by atoms with Gasteiger partial charge in [-0.15, -0.1) is 0 Å². The maximum absolute atomic E-state index is 10.1. The van der Waals surface area contributed by atoms with Crippen LogP contribution in [0.15, 0.2) is 4.42 Å². The Morgan fingerprint density at radius 3 is 2.75 bits per heavy atom. The van der Waals surface area contributed by atoms with Crippen molar-refractivity contribution in [3.63, 3.8) is 0 Å². The Kier molecular flexibility index (Phi) is 2.32. The molecule has 5 heteroatoms. The lowest BCUT2D eigenvalue weighted by Crippen LogP contribution is -1.97. The molecule has 1 rings (SSSR count). The van der Waals surface area contributed by atoms with Gasteiger partial charge in [0, 0.05) is 6.42 Å². The molecule has 0 amide bonds. The predicted molar refractivity (Wildman–Crippen MR) is 38.9 cm³/mol. The van der Waals surface area contributed by atoms with Crippen LogP contribution in [0.5, 0.6) is 5.95 Å². The Morgan fingerprint density at radius 2 is 2.33 bits per heavy atom. The largest absolute Gasteiger partial charge is 0.481 e. The summed E-state index contributed by atoms with van der Waals surface area (Å²) >= 11 is 0. The third-order valence-electron chi connectivity index (χ3n) is 1.37. The van der Waals surface area contributed by atoms with Crippen molar-refractivity contribution in [1.29, 1.82) is 0 Å². The number of hydrogen-bond donors (Lipinski definition) is 2. The second-order valence-electron chi connectivity index (χ2n) is 2.39. The van der Waals surface area contributed by atoms with Crippen LogP contribution in [-0.4, -0.2) is 21.2 Å². The van der Waals surface area contributed by atoms with Crippen LogP contribution in [0.25, 0.3) is 0 Å². The highest BCUT2D eigenvalue weighted by atomic mass is 16.5. The minimum absolute atomic E-state index is 0.0423. The van der Waals surface area contributed by atoms with Gasteiger partial charge in [0.25, 0.3) is 0 Å². The lowest BCUT2D eigenvalue weighted by molar-refractivity contribution is -0.137. The maximum atomic E-state index is 10.1. The summed E-state index contributed by atoms with van der Waals surface area (Å²) in [4.78, 5) is 13.9. The van der Waals surface area contributed by atoms with Crippen molar-refractivity contribution in [3.05, 3.63) is 11.6 Å². The molecule has 2 N–H and O–H groups in total. The van der Waals surface area contributed by atoms with Gasteiger partial charge in [-0.2, -0.15) is 0 Å². The van der Waals surface area contributed by atoms with Crippen LogP contribution < -0.4 is 0 Å². The number of aliphatic carboxylic acids is 1. The highest BCUT2D eigenvalue weighted by molar-refractivity contribution is 5.66. The van der Waals surface area contributed by atoms with Gasteiger partial charge in [-0.25, -0.2) is 4.98 Å². The molecular weight excluding hydrogens is 162 g/mol. The lowest BCUT2D eigenvalue weighted by atomic mass is 10.3. The molecule has 0 aliphatic heterocycles. The van der Waals surface area contributed by atoms with Gasteiger partial charge in [-0.3, -0.25) is 4.79 Å². The van der Waals surface area contributed by atoms with Crippen molar-refractivity contribution in [1.82, 2.24) is 4.98 Å². The fourth-order valence-electron chi connectivity index (χ4n) is 0.764. The predicted octanol–water partition coefficient (Wildman–Crippen LogP) is 0.706. The Balaban J connectivity index is 2.58. The van der Waals surface area contributed by atoms with Crippen LogP contribution in [0.1, 0.15) is 18.0 Å². The molecule has 5 nitrogen and oxygen atoms in total. The zero-order valence-electron chi connectivity index (χ0n) is 6.57. The van der Waals surface area contributed by atoms with Gasteiger partial charge in [0.15, 0.2) is 5.89 Å². The highest BCUT2D eigenvalue weighted by Crippen LogP contribution is 2.17. The minimum atomic E-state index is -0.912. The molecule has 0 fully saturated rings. The molecule has 0 radical (unpaired) electrons. The minimum Gasteiger partial charge on any atom is -0.481 e. The summed E-state index contributed by atoms with van der Waals surface area (Å²) in [6.45, 7) is 1.59. The summed E-state index contributed by atoms with van der Waals surface area (Å²) in [7, 11) is 0. The third-order valence-corrected chi connectivity index (χ3v) is 1.37. The molecule has 0 saturated carbocycles. The average Bonchev–Trinajstić information content (AvgIpc) is 2.28. The average molecular weight is 171 g/mol. The SMILES string of the molecule is Cc1nc(CCC(=O)O)oc1O. The van der Waals surface area contributed by atoms with Gasteiger partial charge < -0.3 is 14.6 Å². The molecular formula is C7H9NO4. The topological polar surface area (TPSA) is 83.6 Å². The molecule has 66 valence electrons. The standard InChI is InChI=1S/C7H9NO4/c1-4-7(11)12-5(8-4)2-3-6(9)10/h11H,2-3H2,1H3,(H,9,10). The van der Waals surface area contributed by atoms with Gasteiger partial charge in [0.1, 0.15) is 5.69 Å². The van der Waals surface area contributed by atoms with Crippen molar-refractivity contribution in [2.75, 3.05) is 0 Å². The van der Waals surface area contributed by atoms with Crippen LogP contribution in [0.4, 0.5) is 0 Å². The van der Waals surface area contributed by atoms with E-state index in [-0.39, 0.29) is 24.7 Å². The number of carbonyl (C=O) groups is 1. The van der Waals surface area contributed by atoms with E-state index < -0.39 is 5.97 Å². The lowest BCUT2D eigenvalue weighted by Gasteiger charge is -1.88. The second kappa shape index (κ2) is 3.25. The number of rotatable bonds is 3. The van der Waals surface area contributed by atoms with Crippen molar-refractivity contribution in [2.45, 2.75) is 19.8 Å². The van der Waals surface area contributed by atoms with E-state index in [1.54, 1.807) is 6.92 Å². The van der Waals surface area contributed by atoms with E-state index in [9.17, 15) is 4.79 Å². The highest BCUT2D eigenvalue weighted by Gasteiger charge is 2.08. The van der Waals surface area contributed by atoms with Crippen LogP contribution in [-0.2, 0) is 11.2 Å². The smallest absolute Gasteiger partial charge is 0.305 e. The number of aryl methyl sites for hydroxylation is 2. The monoisotopic (exact) mass is 171 g/mol. The molecule has 0 aliphatic rings. The van der Waals surface area contributed by atoms with Crippen molar-refractivity contribution in [3.8, 4) is 5.95 Å². The quantitative estimate of drug-likeness (QED) is 0.699. The number of aromatic hydroxyl groups is 1.